The van der Waals surface area contributed by atoms with Crippen LogP contribution in [0.5, 0.6) is 0 Å². The summed E-state index contributed by atoms with van der Waals surface area (Å²) >= 11 is 0. The summed E-state index contributed by atoms with van der Waals surface area (Å²) in [4.78, 5) is 24.1. The number of anilines is 1. The number of aromatic nitrogens is 3. The zero-order valence-corrected chi connectivity index (χ0v) is 8.04. The van der Waals surface area contributed by atoms with Gasteiger partial charge in [-0.15, -0.1) is 5.10 Å². The number of hydrogen-bond donors (Lipinski definition) is 4. The number of nitrogens with one attached hydrogen (secondary N) is 3. The van der Waals surface area contributed by atoms with Crippen molar-refractivity contribution >= 4 is 5.82 Å². The van der Waals surface area contributed by atoms with Crippen LogP contribution in [-0.2, 0) is 0 Å². The molecule has 1 aliphatic carbocycles. The zero-order valence-electron chi connectivity index (χ0n) is 8.04. The third kappa shape index (κ3) is 1.78. The van der Waals surface area contributed by atoms with Crippen LogP contribution in [0.3, 0.4) is 0 Å². The summed E-state index contributed by atoms with van der Waals surface area (Å²) in [6, 6.07) is 0. The predicted octanol–water partition coefficient (Wildman–Crippen LogP) is -1.21. The normalized spacial score (nSPS) is 18.2. The van der Waals surface area contributed by atoms with Crippen LogP contribution in [0.1, 0.15) is 19.3 Å². The molecule has 82 valence electrons. The summed E-state index contributed by atoms with van der Waals surface area (Å²) < 4.78 is 0. The van der Waals surface area contributed by atoms with Gasteiger partial charge >= 0.3 is 5.69 Å². The first-order chi connectivity index (χ1) is 7.15. The molecule has 0 atom stereocenters. The Kier molecular flexibility index (Phi) is 2.31. The van der Waals surface area contributed by atoms with Gasteiger partial charge < -0.3 is 10.4 Å². The number of nitrogens with zero attached hydrogens (tertiary/aromatic N) is 1. The van der Waals surface area contributed by atoms with Gasteiger partial charge in [-0.1, -0.05) is 0 Å². The van der Waals surface area contributed by atoms with Crippen LogP contribution in [0, 0.1) is 0 Å². The van der Waals surface area contributed by atoms with Crippen molar-refractivity contribution in [1.29, 1.82) is 0 Å². The van der Waals surface area contributed by atoms with Gasteiger partial charge in [-0.3, -0.25) is 9.78 Å². The predicted molar refractivity (Wildman–Crippen MR) is 52.8 cm³/mol. The van der Waals surface area contributed by atoms with E-state index in [1.165, 1.54) is 0 Å². The summed E-state index contributed by atoms with van der Waals surface area (Å²) in [5.41, 5.74) is -1.66. The Balaban J connectivity index is 2.24. The molecule has 7 nitrogen and oxygen atoms in total. The fourth-order valence-electron chi connectivity index (χ4n) is 1.61. The minimum atomic E-state index is -0.641. The van der Waals surface area contributed by atoms with Crippen LogP contribution in [0.4, 0.5) is 5.82 Å². The van der Waals surface area contributed by atoms with Gasteiger partial charge in [0.05, 0.1) is 12.1 Å². The third-order valence-electron chi connectivity index (χ3n) is 2.71. The fourth-order valence-corrected chi connectivity index (χ4v) is 1.61. The maximum atomic E-state index is 11.3. The molecule has 1 fully saturated rings. The lowest BCUT2D eigenvalue weighted by atomic mass is 9.77. The van der Waals surface area contributed by atoms with Crippen molar-refractivity contribution < 1.29 is 5.11 Å². The van der Waals surface area contributed by atoms with Crippen molar-refractivity contribution in [2.45, 2.75) is 24.8 Å². The van der Waals surface area contributed by atoms with E-state index in [1.54, 1.807) is 0 Å². The Morgan fingerprint density at radius 3 is 2.67 bits per heavy atom. The summed E-state index contributed by atoms with van der Waals surface area (Å²) in [5, 5.41) is 17.8. The van der Waals surface area contributed by atoms with Gasteiger partial charge in [0.1, 0.15) is 0 Å². The van der Waals surface area contributed by atoms with E-state index in [1.807, 2.05) is 0 Å². The smallest absolute Gasteiger partial charge is 0.342 e. The standard InChI is InChI=1S/C8H12N4O3/c13-4-8(2-1-3-8)10-5-6(14)9-7(15)12-11-5/h13H,1-4H2,(H,10,11)(H2,9,12,14,15). The number of rotatable bonds is 3. The lowest BCUT2D eigenvalue weighted by molar-refractivity contribution is 0.143. The van der Waals surface area contributed by atoms with Crippen molar-refractivity contribution in [2.24, 2.45) is 0 Å². The Morgan fingerprint density at radius 2 is 2.20 bits per heavy atom. The summed E-state index contributed by atoms with van der Waals surface area (Å²) in [6.07, 6.45) is 2.60. The maximum Gasteiger partial charge on any atom is 0.342 e. The van der Waals surface area contributed by atoms with E-state index in [0.717, 1.165) is 19.3 Å². The average Bonchev–Trinajstić information content (AvgIpc) is 2.14. The highest BCUT2D eigenvalue weighted by Gasteiger charge is 2.37. The fraction of sp³-hybridized carbons (Fsp3) is 0.625. The van der Waals surface area contributed by atoms with Gasteiger partial charge in [0.25, 0.3) is 5.56 Å². The molecule has 4 N–H and O–H groups in total. The van der Waals surface area contributed by atoms with Crippen molar-refractivity contribution in [3.8, 4) is 0 Å². The Hall–Kier alpha value is -1.63. The molecule has 15 heavy (non-hydrogen) atoms. The zero-order chi connectivity index (χ0) is 10.9. The second kappa shape index (κ2) is 3.50. The van der Waals surface area contributed by atoms with E-state index in [0.29, 0.717) is 0 Å². The van der Waals surface area contributed by atoms with E-state index in [9.17, 15) is 9.59 Å². The van der Waals surface area contributed by atoms with Crippen LogP contribution >= 0.6 is 0 Å². The van der Waals surface area contributed by atoms with E-state index in [2.05, 4.69) is 20.5 Å². The topological polar surface area (TPSA) is 111 Å². The number of aliphatic hydroxyl groups excluding tert-OH is 1. The highest BCUT2D eigenvalue weighted by molar-refractivity contribution is 5.34. The van der Waals surface area contributed by atoms with Crippen molar-refractivity contribution in [3.05, 3.63) is 20.8 Å². The summed E-state index contributed by atoms with van der Waals surface area (Å²) in [6.45, 7) is -0.0484. The minimum Gasteiger partial charge on any atom is -0.394 e. The molecular weight excluding hydrogens is 200 g/mol. The van der Waals surface area contributed by atoms with Gasteiger partial charge in [-0.25, -0.2) is 9.89 Å². The molecule has 0 saturated heterocycles. The maximum absolute atomic E-state index is 11.3. The molecule has 0 bridgehead atoms. The molecule has 7 heteroatoms. The van der Waals surface area contributed by atoms with Crippen molar-refractivity contribution in [3.63, 3.8) is 0 Å². The van der Waals surface area contributed by atoms with Crippen LogP contribution in [0.25, 0.3) is 0 Å². The van der Waals surface area contributed by atoms with Crippen LogP contribution in [0.15, 0.2) is 9.59 Å². The van der Waals surface area contributed by atoms with E-state index in [4.69, 9.17) is 5.11 Å². The Bertz CT molecular complexity index is 454. The van der Waals surface area contributed by atoms with Gasteiger partial charge in [0.15, 0.2) is 0 Å². The monoisotopic (exact) mass is 212 g/mol. The SMILES string of the molecule is O=c1[nH]nc(NC2(CO)CCC2)c(=O)[nH]1. The second-order valence-corrected chi connectivity index (χ2v) is 3.77. The molecule has 1 heterocycles. The highest BCUT2D eigenvalue weighted by atomic mass is 16.3. The molecule has 1 saturated carbocycles. The largest absolute Gasteiger partial charge is 0.394 e. The van der Waals surface area contributed by atoms with Crippen LogP contribution < -0.4 is 16.6 Å². The molecule has 0 unspecified atom stereocenters. The van der Waals surface area contributed by atoms with Gasteiger partial charge in [0.2, 0.25) is 5.82 Å². The van der Waals surface area contributed by atoms with Crippen molar-refractivity contribution in [1.82, 2.24) is 15.2 Å². The number of hydrogen-bond acceptors (Lipinski definition) is 5. The van der Waals surface area contributed by atoms with Crippen molar-refractivity contribution in [2.75, 3.05) is 11.9 Å². The first-order valence-electron chi connectivity index (χ1n) is 4.73. The Labute approximate surface area is 84.5 Å². The molecule has 0 radical (unpaired) electrons. The number of aromatic amines is 2. The summed E-state index contributed by atoms with van der Waals surface area (Å²) in [5.74, 6) is 0.0448. The number of H-pyrrole nitrogens is 2. The molecule has 1 aromatic heterocycles. The van der Waals surface area contributed by atoms with E-state index in [-0.39, 0.29) is 12.4 Å². The third-order valence-corrected chi connectivity index (χ3v) is 2.71. The molecular formula is C8H12N4O3. The molecule has 0 amide bonds. The molecule has 2 rings (SSSR count). The first kappa shape index (κ1) is 9.91. The molecule has 1 aliphatic rings. The average molecular weight is 212 g/mol. The minimum absolute atomic E-state index is 0.0448. The lowest BCUT2D eigenvalue weighted by Crippen LogP contribution is -2.50. The van der Waals surface area contributed by atoms with Gasteiger partial charge in [-0.2, -0.15) is 0 Å². The van der Waals surface area contributed by atoms with E-state index >= 15 is 0 Å². The van der Waals surface area contributed by atoms with Gasteiger partial charge in [-0.05, 0) is 19.3 Å². The van der Waals surface area contributed by atoms with Crippen LogP contribution in [0.2, 0.25) is 0 Å². The molecule has 1 aromatic rings. The highest BCUT2D eigenvalue weighted by Crippen LogP contribution is 2.33. The lowest BCUT2D eigenvalue weighted by Gasteiger charge is -2.40. The molecule has 0 aliphatic heterocycles. The van der Waals surface area contributed by atoms with E-state index < -0.39 is 16.8 Å². The second-order valence-electron chi connectivity index (χ2n) is 3.77. The van der Waals surface area contributed by atoms with Crippen LogP contribution in [-0.4, -0.2) is 32.4 Å². The first-order valence-corrected chi connectivity index (χ1v) is 4.73. The molecule has 0 spiro atoms. The summed E-state index contributed by atoms with van der Waals surface area (Å²) in [7, 11) is 0. The molecule has 0 aromatic carbocycles. The quantitative estimate of drug-likeness (QED) is 0.502. The number of aliphatic hydroxyl groups is 1. The Morgan fingerprint density at radius 1 is 1.47 bits per heavy atom. The van der Waals surface area contributed by atoms with Gasteiger partial charge in [0, 0.05) is 0 Å².